The van der Waals surface area contributed by atoms with Gasteiger partial charge in [-0.1, -0.05) is 6.08 Å². The Morgan fingerprint density at radius 1 is 1.50 bits per heavy atom. The van der Waals surface area contributed by atoms with E-state index < -0.39 is 5.66 Å². The zero-order valence-electron chi connectivity index (χ0n) is 9.51. The molecule has 0 radical (unpaired) electrons. The van der Waals surface area contributed by atoms with Crippen molar-refractivity contribution in [2.24, 2.45) is 21.5 Å². The summed E-state index contributed by atoms with van der Waals surface area (Å²) >= 11 is 0. The van der Waals surface area contributed by atoms with Gasteiger partial charge in [0, 0.05) is 0 Å². The van der Waals surface area contributed by atoms with Gasteiger partial charge >= 0.3 is 0 Å². The number of aliphatic imine (C=N–C) groups is 2. The molecule has 0 aromatic carbocycles. The van der Waals surface area contributed by atoms with Crippen molar-refractivity contribution in [3.8, 4) is 0 Å². The van der Waals surface area contributed by atoms with Gasteiger partial charge in [-0.25, -0.2) is 4.99 Å². The first-order valence-corrected chi connectivity index (χ1v) is 4.71. The summed E-state index contributed by atoms with van der Waals surface area (Å²) in [4.78, 5) is 13.4. The lowest BCUT2D eigenvalue weighted by Gasteiger charge is -2.36. The number of nitrogens with two attached hydrogens (primary N) is 2. The van der Waals surface area contributed by atoms with Gasteiger partial charge in [0.05, 0.1) is 6.61 Å². The maximum atomic E-state index is 5.69. The van der Waals surface area contributed by atoms with Gasteiger partial charge in [-0.15, -0.1) is 23.6 Å². The molecule has 4 N–H and O–H groups in total. The van der Waals surface area contributed by atoms with Crippen LogP contribution in [0.3, 0.4) is 0 Å². The fourth-order valence-electron chi connectivity index (χ4n) is 1.25. The molecule has 1 aliphatic heterocycles. The fourth-order valence-corrected chi connectivity index (χ4v) is 1.25. The summed E-state index contributed by atoms with van der Waals surface area (Å²) in [5.41, 5.74) is 10.6. The number of guanidine groups is 2. The highest BCUT2D eigenvalue weighted by molar-refractivity contribution is 8.93. The van der Waals surface area contributed by atoms with Crippen molar-refractivity contribution in [1.29, 1.82) is 0 Å². The Bertz CT molecular complexity index is 313. The molecule has 1 aliphatic rings. The van der Waals surface area contributed by atoms with E-state index in [9.17, 15) is 0 Å². The van der Waals surface area contributed by atoms with Crippen molar-refractivity contribution in [1.82, 2.24) is 5.06 Å². The molecule has 92 valence electrons. The van der Waals surface area contributed by atoms with E-state index >= 15 is 0 Å². The standard InChI is InChI=1S/C9H17N5O.BrH/c1-4-5-6-15-14-8(11)12-7(10)13-9(14,2)3;/h4H,1,5-6H2,2-3H3,(H4,10,11,12,13);1H. The maximum Gasteiger partial charge on any atom is 0.226 e. The second-order valence-electron chi connectivity index (χ2n) is 3.64. The highest BCUT2D eigenvalue weighted by atomic mass is 79.9. The third-order valence-electron chi connectivity index (χ3n) is 1.86. The first kappa shape index (κ1) is 14.9. The van der Waals surface area contributed by atoms with Crippen LogP contribution in [0, 0.1) is 0 Å². The maximum absolute atomic E-state index is 5.69. The van der Waals surface area contributed by atoms with Gasteiger partial charge in [0.15, 0.2) is 5.66 Å². The Kier molecular flexibility index (Phi) is 5.46. The molecule has 7 heteroatoms. The van der Waals surface area contributed by atoms with E-state index in [1.165, 1.54) is 5.06 Å². The number of hydroxylamine groups is 2. The van der Waals surface area contributed by atoms with Crippen molar-refractivity contribution in [2.75, 3.05) is 6.61 Å². The molecule has 1 rings (SSSR count). The minimum atomic E-state index is -0.628. The Morgan fingerprint density at radius 2 is 2.12 bits per heavy atom. The molecule has 0 aliphatic carbocycles. The largest absolute Gasteiger partial charge is 0.368 e. The first-order chi connectivity index (χ1) is 6.97. The van der Waals surface area contributed by atoms with E-state index in [0.29, 0.717) is 6.61 Å². The summed E-state index contributed by atoms with van der Waals surface area (Å²) in [7, 11) is 0. The fraction of sp³-hybridized carbons (Fsp3) is 0.556. The van der Waals surface area contributed by atoms with Crippen LogP contribution >= 0.6 is 17.0 Å². The minimum Gasteiger partial charge on any atom is -0.368 e. The van der Waals surface area contributed by atoms with Crippen LogP contribution in [0.4, 0.5) is 0 Å². The highest BCUT2D eigenvalue weighted by Crippen LogP contribution is 2.19. The monoisotopic (exact) mass is 291 g/mol. The summed E-state index contributed by atoms with van der Waals surface area (Å²) in [5.74, 6) is 0.387. The highest BCUT2D eigenvalue weighted by Gasteiger charge is 2.32. The van der Waals surface area contributed by atoms with E-state index in [1.54, 1.807) is 6.08 Å². The third kappa shape index (κ3) is 3.49. The predicted octanol–water partition coefficient (Wildman–Crippen LogP) is 0.753. The average molecular weight is 292 g/mol. The minimum absolute atomic E-state index is 0. The average Bonchev–Trinajstić information content (AvgIpc) is 2.08. The Morgan fingerprint density at radius 3 is 2.62 bits per heavy atom. The van der Waals surface area contributed by atoms with Crippen molar-refractivity contribution >= 4 is 28.9 Å². The van der Waals surface area contributed by atoms with E-state index in [0.717, 1.165) is 6.42 Å². The van der Waals surface area contributed by atoms with Crippen molar-refractivity contribution in [3.63, 3.8) is 0 Å². The molecule has 0 aromatic rings. The zero-order valence-corrected chi connectivity index (χ0v) is 11.2. The van der Waals surface area contributed by atoms with Gasteiger partial charge < -0.3 is 11.5 Å². The third-order valence-corrected chi connectivity index (χ3v) is 1.86. The van der Waals surface area contributed by atoms with Gasteiger partial charge in [0.2, 0.25) is 11.9 Å². The van der Waals surface area contributed by atoms with Crippen LogP contribution in [0.5, 0.6) is 0 Å². The van der Waals surface area contributed by atoms with Crippen molar-refractivity contribution < 1.29 is 4.84 Å². The number of nitrogens with zero attached hydrogens (tertiary/aromatic N) is 3. The molecule has 0 bridgehead atoms. The van der Waals surface area contributed by atoms with Crippen LogP contribution in [0.1, 0.15) is 20.3 Å². The molecule has 1 heterocycles. The lowest BCUT2D eigenvalue weighted by molar-refractivity contribution is -0.155. The molecular formula is C9H18BrN5O. The Labute approximate surface area is 106 Å². The molecule has 0 spiro atoms. The summed E-state index contributed by atoms with van der Waals surface area (Å²) in [6, 6.07) is 0. The number of hydrogen-bond acceptors (Lipinski definition) is 6. The van der Waals surface area contributed by atoms with Crippen LogP contribution in [0.2, 0.25) is 0 Å². The molecule has 0 saturated heterocycles. The lowest BCUT2D eigenvalue weighted by Crippen LogP contribution is -2.53. The van der Waals surface area contributed by atoms with E-state index in [4.69, 9.17) is 16.3 Å². The van der Waals surface area contributed by atoms with Crippen molar-refractivity contribution in [2.45, 2.75) is 25.9 Å². The van der Waals surface area contributed by atoms with Crippen LogP contribution in [0.15, 0.2) is 22.6 Å². The van der Waals surface area contributed by atoms with E-state index in [2.05, 4.69) is 16.6 Å². The smallest absolute Gasteiger partial charge is 0.226 e. The van der Waals surface area contributed by atoms with Gasteiger partial charge in [-0.3, -0.25) is 4.84 Å². The summed E-state index contributed by atoms with van der Waals surface area (Å²) in [5, 5.41) is 1.45. The van der Waals surface area contributed by atoms with Gasteiger partial charge in [-0.05, 0) is 20.3 Å². The summed E-state index contributed by atoms with van der Waals surface area (Å²) in [6.07, 6.45) is 2.50. The Balaban J connectivity index is 0.00000225. The topological polar surface area (TPSA) is 89.2 Å². The molecule has 0 fully saturated rings. The molecule has 0 unspecified atom stereocenters. The van der Waals surface area contributed by atoms with E-state index in [1.807, 2.05) is 13.8 Å². The van der Waals surface area contributed by atoms with Crippen LogP contribution in [0.25, 0.3) is 0 Å². The zero-order chi connectivity index (χ0) is 11.5. The predicted molar refractivity (Wildman–Crippen MR) is 70.3 cm³/mol. The molecule has 0 saturated carbocycles. The number of halogens is 1. The number of hydrogen-bond donors (Lipinski definition) is 2. The molecule has 0 amide bonds. The van der Waals surface area contributed by atoms with E-state index in [-0.39, 0.29) is 28.9 Å². The molecule has 0 atom stereocenters. The lowest BCUT2D eigenvalue weighted by atomic mass is 10.2. The Hall–Kier alpha value is -1.08. The normalized spacial score (nSPS) is 18.2. The SMILES string of the molecule is Br.C=CCCON1C(N)=NC(N)=NC1(C)C. The second-order valence-corrected chi connectivity index (χ2v) is 3.64. The van der Waals surface area contributed by atoms with Crippen molar-refractivity contribution in [3.05, 3.63) is 12.7 Å². The molecule has 0 aromatic heterocycles. The second kappa shape index (κ2) is 5.86. The van der Waals surface area contributed by atoms with Gasteiger partial charge in [-0.2, -0.15) is 10.1 Å². The molecular weight excluding hydrogens is 274 g/mol. The first-order valence-electron chi connectivity index (χ1n) is 4.71. The summed E-state index contributed by atoms with van der Waals surface area (Å²) in [6.45, 7) is 7.77. The van der Waals surface area contributed by atoms with Crippen LogP contribution in [-0.2, 0) is 4.84 Å². The molecule has 16 heavy (non-hydrogen) atoms. The van der Waals surface area contributed by atoms with Gasteiger partial charge in [0.1, 0.15) is 0 Å². The van der Waals surface area contributed by atoms with Crippen LogP contribution in [-0.4, -0.2) is 29.3 Å². The van der Waals surface area contributed by atoms with Gasteiger partial charge in [0.25, 0.3) is 0 Å². The summed E-state index contributed by atoms with van der Waals surface area (Å²) < 4.78 is 0. The number of rotatable bonds is 4. The van der Waals surface area contributed by atoms with Crippen LogP contribution < -0.4 is 11.5 Å². The molecule has 6 nitrogen and oxygen atoms in total. The quantitative estimate of drug-likeness (QED) is 0.591.